The van der Waals surface area contributed by atoms with Gasteiger partial charge in [0.2, 0.25) is 0 Å². The van der Waals surface area contributed by atoms with Gasteiger partial charge in [-0.2, -0.15) is 5.10 Å². The lowest BCUT2D eigenvalue weighted by Gasteiger charge is -2.27. The van der Waals surface area contributed by atoms with E-state index in [1.165, 1.54) is 12.1 Å². The number of benzene rings is 1. The molecule has 2 aliphatic rings. The summed E-state index contributed by atoms with van der Waals surface area (Å²) in [6.45, 7) is 4.69. The minimum Gasteiger partial charge on any atom is -0.378 e. The quantitative estimate of drug-likeness (QED) is 0.295. The normalized spacial score (nSPS) is 16.3. The first kappa shape index (κ1) is 26.4. The van der Waals surface area contributed by atoms with Gasteiger partial charge in [0, 0.05) is 36.5 Å². The maximum atomic E-state index is 13.7. The van der Waals surface area contributed by atoms with Gasteiger partial charge in [-0.25, -0.2) is 23.9 Å². The number of Topliss-reactive ketones (excluding diaryl/α,β-unsaturated/α-hetero) is 1. The van der Waals surface area contributed by atoms with Crippen LogP contribution < -0.4 is 10.2 Å². The minimum atomic E-state index is -0.290. The molecule has 1 N–H and O–H groups in total. The van der Waals surface area contributed by atoms with Crippen molar-refractivity contribution < 1.29 is 13.9 Å². The zero-order valence-corrected chi connectivity index (χ0v) is 23.1. The number of aromatic nitrogens is 6. The number of hydrogen-bond acceptors (Lipinski definition) is 8. The third kappa shape index (κ3) is 5.28. The zero-order valence-electron chi connectivity index (χ0n) is 23.1. The highest BCUT2D eigenvalue weighted by molar-refractivity contribution is 5.98. The van der Waals surface area contributed by atoms with Gasteiger partial charge >= 0.3 is 0 Å². The molecule has 0 atom stereocenters. The third-order valence-electron chi connectivity index (χ3n) is 7.97. The van der Waals surface area contributed by atoms with Crippen LogP contribution in [0.4, 0.5) is 10.2 Å². The second-order valence-electron chi connectivity index (χ2n) is 10.7. The summed E-state index contributed by atoms with van der Waals surface area (Å²) in [7, 11) is 0. The molecule has 214 valence electrons. The summed E-state index contributed by atoms with van der Waals surface area (Å²) in [5.41, 5.74) is 5.09. The molecule has 0 bridgehead atoms. The van der Waals surface area contributed by atoms with Crippen LogP contribution in [0.25, 0.3) is 28.3 Å². The van der Waals surface area contributed by atoms with E-state index in [2.05, 4.69) is 24.8 Å². The number of morpholine rings is 1. The molecule has 0 aliphatic carbocycles. The van der Waals surface area contributed by atoms with E-state index in [1.807, 2.05) is 30.7 Å². The molecule has 0 saturated carbocycles. The number of carbonyl (C=O) groups excluding carboxylic acids is 1. The van der Waals surface area contributed by atoms with Crippen LogP contribution in [0, 0.1) is 5.82 Å². The monoisotopic (exact) mass is 566 g/mol. The molecule has 11 heteroatoms. The van der Waals surface area contributed by atoms with Gasteiger partial charge in [-0.05, 0) is 74.5 Å². The van der Waals surface area contributed by atoms with Gasteiger partial charge in [0.1, 0.15) is 17.3 Å². The van der Waals surface area contributed by atoms with Crippen LogP contribution in [0.15, 0.2) is 67.3 Å². The summed E-state index contributed by atoms with van der Waals surface area (Å²) < 4.78 is 23.1. The highest BCUT2D eigenvalue weighted by atomic mass is 19.1. The highest BCUT2D eigenvalue weighted by Crippen LogP contribution is 2.34. The SMILES string of the molecule is O=C(Cc1cn2nc(-c3c(-c4ccc(F)cc4)ncn3C3CCNCC3)ccc2n1)c1ccnc(N2CCOCC2)c1. The van der Waals surface area contributed by atoms with Crippen LogP contribution in [0.2, 0.25) is 0 Å². The minimum absolute atomic E-state index is 0.0295. The van der Waals surface area contributed by atoms with E-state index < -0.39 is 0 Å². The lowest BCUT2D eigenvalue weighted by molar-refractivity contribution is 0.0992. The average molecular weight is 567 g/mol. The van der Waals surface area contributed by atoms with Crippen molar-refractivity contribution in [1.29, 1.82) is 0 Å². The fourth-order valence-electron chi connectivity index (χ4n) is 5.76. The third-order valence-corrected chi connectivity index (χ3v) is 7.97. The lowest BCUT2D eigenvalue weighted by atomic mass is 10.0. The van der Waals surface area contributed by atoms with Crippen molar-refractivity contribution in [2.75, 3.05) is 44.3 Å². The molecule has 1 aromatic carbocycles. The molecule has 7 rings (SSSR count). The maximum absolute atomic E-state index is 13.7. The van der Waals surface area contributed by atoms with E-state index in [4.69, 9.17) is 14.8 Å². The maximum Gasteiger partial charge on any atom is 0.169 e. The number of rotatable bonds is 7. The summed E-state index contributed by atoms with van der Waals surface area (Å²) in [5.74, 6) is 0.466. The molecule has 2 aliphatic heterocycles. The summed E-state index contributed by atoms with van der Waals surface area (Å²) in [6, 6.07) is 14.1. The van der Waals surface area contributed by atoms with Crippen molar-refractivity contribution in [3.63, 3.8) is 0 Å². The Kier molecular flexibility index (Phi) is 7.18. The molecule has 6 heterocycles. The van der Waals surface area contributed by atoms with E-state index in [9.17, 15) is 9.18 Å². The molecular weight excluding hydrogens is 535 g/mol. The zero-order chi connectivity index (χ0) is 28.5. The highest BCUT2D eigenvalue weighted by Gasteiger charge is 2.24. The first-order valence-electron chi connectivity index (χ1n) is 14.3. The Morgan fingerprint density at radius 2 is 1.83 bits per heavy atom. The first-order valence-corrected chi connectivity index (χ1v) is 14.3. The molecule has 2 saturated heterocycles. The van der Waals surface area contributed by atoms with Gasteiger partial charge in [-0.1, -0.05) is 0 Å². The van der Waals surface area contributed by atoms with Gasteiger partial charge in [0.25, 0.3) is 0 Å². The predicted molar refractivity (Wildman–Crippen MR) is 156 cm³/mol. The van der Waals surface area contributed by atoms with E-state index in [0.717, 1.165) is 67.5 Å². The van der Waals surface area contributed by atoms with Crippen LogP contribution in [0.1, 0.15) is 34.9 Å². The Morgan fingerprint density at radius 3 is 2.64 bits per heavy atom. The fourth-order valence-corrected chi connectivity index (χ4v) is 5.76. The molecular formula is C31H31FN8O2. The number of ether oxygens (including phenoxy) is 1. The summed E-state index contributed by atoms with van der Waals surface area (Å²) >= 11 is 0. The second kappa shape index (κ2) is 11.4. The molecule has 2 fully saturated rings. The Hall–Kier alpha value is -4.48. The number of nitrogens with zero attached hydrogens (tertiary/aromatic N) is 7. The standard InChI is InChI=1S/C31H31FN8O2/c32-23-3-1-21(2-4-23)30-31(39(20-35-30)25-8-10-33-11-9-25)26-5-6-28-36-24(19-40(28)37-26)18-27(41)22-7-12-34-29(17-22)38-13-15-42-16-14-38/h1-7,12,17,19-20,25,33H,8-11,13-16,18H2. The topological polar surface area (TPSA) is 102 Å². The van der Waals surface area contributed by atoms with Gasteiger partial charge < -0.3 is 19.5 Å². The Balaban J connectivity index is 1.19. The van der Waals surface area contributed by atoms with E-state index in [-0.39, 0.29) is 24.1 Å². The van der Waals surface area contributed by atoms with Gasteiger partial charge in [-0.15, -0.1) is 0 Å². The number of carbonyl (C=O) groups is 1. The smallest absolute Gasteiger partial charge is 0.169 e. The first-order chi connectivity index (χ1) is 20.6. The molecule has 0 unspecified atom stereocenters. The van der Waals surface area contributed by atoms with Crippen LogP contribution in [-0.2, 0) is 11.2 Å². The number of nitrogens with one attached hydrogen (secondary N) is 1. The van der Waals surface area contributed by atoms with Crippen molar-refractivity contribution in [3.05, 3.63) is 84.3 Å². The number of pyridine rings is 1. The fraction of sp³-hybridized carbons (Fsp3) is 0.323. The summed E-state index contributed by atoms with van der Waals surface area (Å²) in [6.07, 6.45) is 7.47. The Labute approximate surface area is 242 Å². The summed E-state index contributed by atoms with van der Waals surface area (Å²) in [5, 5.41) is 8.34. The molecule has 0 radical (unpaired) electrons. The number of halogens is 1. The van der Waals surface area contributed by atoms with Crippen LogP contribution in [0.3, 0.4) is 0 Å². The van der Waals surface area contributed by atoms with Gasteiger partial charge in [-0.3, -0.25) is 4.79 Å². The molecule has 5 aromatic rings. The number of hydrogen-bond donors (Lipinski definition) is 1. The molecule has 0 spiro atoms. The molecule has 4 aromatic heterocycles. The van der Waals surface area contributed by atoms with E-state index in [1.54, 1.807) is 28.9 Å². The van der Waals surface area contributed by atoms with Crippen LogP contribution >= 0.6 is 0 Å². The largest absolute Gasteiger partial charge is 0.378 e. The van der Waals surface area contributed by atoms with Crippen molar-refractivity contribution >= 4 is 17.2 Å². The number of ketones is 1. The van der Waals surface area contributed by atoms with Crippen molar-refractivity contribution in [3.8, 4) is 22.6 Å². The lowest BCUT2D eigenvalue weighted by Crippen LogP contribution is -2.36. The number of imidazole rings is 2. The molecule has 10 nitrogen and oxygen atoms in total. The summed E-state index contributed by atoms with van der Waals surface area (Å²) in [4.78, 5) is 29.3. The molecule has 0 amide bonds. The number of fused-ring (bicyclic) bond motifs is 1. The van der Waals surface area contributed by atoms with Crippen molar-refractivity contribution in [2.45, 2.75) is 25.3 Å². The average Bonchev–Trinajstić information content (AvgIpc) is 3.66. The predicted octanol–water partition coefficient (Wildman–Crippen LogP) is 3.98. The Bertz CT molecular complexity index is 1720. The molecule has 42 heavy (non-hydrogen) atoms. The number of piperidine rings is 1. The Morgan fingerprint density at radius 1 is 1.02 bits per heavy atom. The van der Waals surface area contributed by atoms with Crippen molar-refractivity contribution in [1.82, 2.24) is 34.4 Å². The second-order valence-corrected chi connectivity index (χ2v) is 10.7. The van der Waals surface area contributed by atoms with Gasteiger partial charge in [0.05, 0.1) is 49.2 Å². The van der Waals surface area contributed by atoms with Gasteiger partial charge in [0.15, 0.2) is 11.4 Å². The van der Waals surface area contributed by atoms with Crippen LogP contribution in [0.5, 0.6) is 0 Å². The van der Waals surface area contributed by atoms with Crippen LogP contribution in [-0.4, -0.2) is 74.3 Å². The number of anilines is 1. The van der Waals surface area contributed by atoms with Crippen molar-refractivity contribution in [2.24, 2.45) is 0 Å². The van der Waals surface area contributed by atoms with E-state index >= 15 is 0 Å². The van der Waals surface area contributed by atoms with E-state index in [0.29, 0.717) is 30.1 Å².